The number of rotatable bonds is 1. The van der Waals surface area contributed by atoms with Crippen LogP contribution in [0.15, 0.2) is 18.2 Å². The Morgan fingerprint density at radius 3 is 2.53 bits per heavy atom. The molecular weight excluding hydrogens is 231 g/mol. The Balaban J connectivity index is 2.26. The summed E-state index contributed by atoms with van der Waals surface area (Å²) in [6.45, 7) is 0. The average molecular weight is 243 g/mol. The van der Waals surface area contributed by atoms with E-state index in [0.717, 1.165) is 31.9 Å². The van der Waals surface area contributed by atoms with Gasteiger partial charge >= 0.3 is 12.1 Å². The van der Waals surface area contributed by atoms with Crippen molar-refractivity contribution in [3.8, 4) is 0 Å². The topological polar surface area (TPSA) is 20.3 Å². The number of hydrogen-bond donors (Lipinski definition) is 0. The summed E-state index contributed by atoms with van der Waals surface area (Å²) in [5, 5.41) is 0. The summed E-state index contributed by atoms with van der Waals surface area (Å²) in [4.78, 5) is 11.7. The van der Waals surface area contributed by atoms with Gasteiger partial charge in [-0.2, -0.15) is 13.2 Å². The van der Waals surface area contributed by atoms with Crippen molar-refractivity contribution in [3.63, 3.8) is 0 Å². The molecule has 1 amide bonds. The molecule has 5 heteroatoms. The van der Waals surface area contributed by atoms with Gasteiger partial charge in [-0.05, 0) is 42.5 Å². The van der Waals surface area contributed by atoms with E-state index < -0.39 is 12.1 Å². The first-order valence-electron chi connectivity index (χ1n) is 5.36. The maximum absolute atomic E-state index is 12.3. The molecule has 0 saturated heterocycles. The standard InChI is InChI=1S/C12H12F3NO/c1-16(11(17)12(13,14)15)10-6-5-8-3-2-4-9(8)7-10/h5-7H,2-4H2,1H3. The van der Waals surface area contributed by atoms with Gasteiger partial charge in [-0.25, -0.2) is 0 Å². The molecule has 0 fully saturated rings. The van der Waals surface area contributed by atoms with Gasteiger partial charge in [-0.1, -0.05) is 6.07 Å². The van der Waals surface area contributed by atoms with Crippen molar-refractivity contribution < 1.29 is 18.0 Å². The first kappa shape index (κ1) is 12.0. The molecule has 0 radical (unpaired) electrons. The maximum Gasteiger partial charge on any atom is 0.471 e. The van der Waals surface area contributed by atoms with Gasteiger partial charge in [-0.3, -0.25) is 4.79 Å². The van der Waals surface area contributed by atoms with Gasteiger partial charge < -0.3 is 4.90 Å². The molecule has 0 N–H and O–H groups in total. The van der Waals surface area contributed by atoms with E-state index in [1.807, 2.05) is 0 Å². The quantitative estimate of drug-likeness (QED) is 0.742. The van der Waals surface area contributed by atoms with Crippen molar-refractivity contribution in [2.75, 3.05) is 11.9 Å². The van der Waals surface area contributed by atoms with Gasteiger partial charge in [0.15, 0.2) is 0 Å². The molecule has 0 saturated carbocycles. The Bertz CT molecular complexity index is 454. The second kappa shape index (κ2) is 4.05. The number of anilines is 1. The second-order valence-electron chi connectivity index (χ2n) is 4.17. The summed E-state index contributed by atoms with van der Waals surface area (Å²) in [7, 11) is 1.15. The molecule has 0 heterocycles. The molecule has 1 aromatic rings. The van der Waals surface area contributed by atoms with E-state index in [9.17, 15) is 18.0 Å². The van der Waals surface area contributed by atoms with Gasteiger partial charge in [0, 0.05) is 12.7 Å². The first-order chi connectivity index (χ1) is 7.89. The Kier molecular flexibility index (Phi) is 2.85. The lowest BCUT2D eigenvalue weighted by atomic mass is 10.1. The van der Waals surface area contributed by atoms with Crippen LogP contribution in [0.5, 0.6) is 0 Å². The van der Waals surface area contributed by atoms with Crippen LogP contribution in [0.25, 0.3) is 0 Å². The number of amides is 1. The van der Waals surface area contributed by atoms with E-state index in [2.05, 4.69) is 0 Å². The van der Waals surface area contributed by atoms with E-state index in [-0.39, 0.29) is 0 Å². The smallest absolute Gasteiger partial charge is 0.308 e. The van der Waals surface area contributed by atoms with Crippen LogP contribution < -0.4 is 4.90 Å². The fourth-order valence-corrected chi connectivity index (χ4v) is 2.07. The zero-order valence-corrected chi connectivity index (χ0v) is 9.34. The van der Waals surface area contributed by atoms with Gasteiger partial charge in [0.1, 0.15) is 0 Å². The Hall–Kier alpha value is -1.52. The third-order valence-corrected chi connectivity index (χ3v) is 3.02. The molecule has 92 valence electrons. The summed E-state index contributed by atoms with van der Waals surface area (Å²) in [5.41, 5.74) is 2.51. The van der Waals surface area contributed by atoms with Crippen molar-refractivity contribution in [2.45, 2.75) is 25.4 Å². The predicted molar refractivity (Wildman–Crippen MR) is 57.9 cm³/mol. The largest absolute Gasteiger partial charge is 0.471 e. The number of hydrogen-bond acceptors (Lipinski definition) is 1. The number of aryl methyl sites for hydroxylation is 2. The molecule has 0 atom stereocenters. The van der Waals surface area contributed by atoms with Crippen molar-refractivity contribution >= 4 is 11.6 Å². The van der Waals surface area contributed by atoms with Crippen LogP contribution in [-0.4, -0.2) is 19.1 Å². The van der Waals surface area contributed by atoms with E-state index in [1.165, 1.54) is 5.56 Å². The first-order valence-corrected chi connectivity index (χ1v) is 5.36. The molecule has 1 aromatic carbocycles. The van der Waals surface area contributed by atoms with Crippen LogP contribution in [0.3, 0.4) is 0 Å². The molecule has 1 aliphatic carbocycles. The van der Waals surface area contributed by atoms with Gasteiger partial charge in [-0.15, -0.1) is 0 Å². The van der Waals surface area contributed by atoms with Crippen molar-refractivity contribution in [2.24, 2.45) is 0 Å². The number of fused-ring (bicyclic) bond motifs is 1. The SMILES string of the molecule is CN(C(=O)C(F)(F)F)c1ccc2c(c1)CCC2. The second-order valence-corrected chi connectivity index (χ2v) is 4.17. The summed E-state index contributed by atoms with van der Waals surface area (Å²) in [6, 6.07) is 5.04. The highest BCUT2D eigenvalue weighted by Gasteiger charge is 2.41. The number of alkyl halides is 3. The number of benzene rings is 1. The number of nitrogens with zero attached hydrogens (tertiary/aromatic N) is 1. The van der Waals surface area contributed by atoms with Crippen LogP contribution >= 0.6 is 0 Å². The predicted octanol–water partition coefficient (Wildman–Crippen LogP) is 2.70. The highest BCUT2D eigenvalue weighted by Crippen LogP contribution is 2.28. The molecular formula is C12H12F3NO. The molecule has 0 aliphatic heterocycles. The third kappa shape index (κ3) is 2.28. The minimum absolute atomic E-state index is 0.299. The van der Waals surface area contributed by atoms with E-state index in [0.29, 0.717) is 10.6 Å². The van der Waals surface area contributed by atoms with Crippen LogP contribution in [0.1, 0.15) is 17.5 Å². The Labute approximate surface area is 97.0 Å². The third-order valence-electron chi connectivity index (χ3n) is 3.02. The van der Waals surface area contributed by atoms with Gasteiger partial charge in [0.25, 0.3) is 0 Å². The highest BCUT2D eigenvalue weighted by molar-refractivity contribution is 5.96. The van der Waals surface area contributed by atoms with Crippen molar-refractivity contribution in [3.05, 3.63) is 29.3 Å². The molecule has 0 bridgehead atoms. The molecule has 1 aliphatic rings. The number of halogens is 3. The Morgan fingerprint density at radius 2 is 1.88 bits per heavy atom. The Morgan fingerprint density at radius 1 is 1.24 bits per heavy atom. The molecule has 0 spiro atoms. The fourth-order valence-electron chi connectivity index (χ4n) is 2.07. The highest BCUT2D eigenvalue weighted by atomic mass is 19.4. The summed E-state index contributed by atoms with van der Waals surface area (Å²) < 4.78 is 36.8. The summed E-state index contributed by atoms with van der Waals surface area (Å²) in [6.07, 6.45) is -1.97. The lowest BCUT2D eigenvalue weighted by Crippen LogP contribution is -2.38. The van der Waals surface area contributed by atoms with E-state index in [1.54, 1.807) is 18.2 Å². The summed E-state index contributed by atoms with van der Waals surface area (Å²) in [5.74, 6) is -1.84. The average Bonchev–Trinajstić information content (AvgIpc) is 2.72. The maximum atomic E-state index is 12.3. The van der Waals surface area contributed by atoms with Crippen molar-refractivity contribution in [1.29, 1.82) is 0 Å². The zero-order chi connectivity index (χ0) is 12.6. The number of carbonyl (C=O) groups excluding carboxylic acids is 1. The molecule has 0 unspecified atom stereocenters. The fraction of sp³-hybridized carbons (Fsp3) is 0.417. The van der Waals surface area contributed by atoms with Crippen LogP contribution in [0, 0.1) is 0 Å². The lowest BCUT2D eigenvalue weighted by Gasteiger charge is -2.19. The van der Waals surface area contributed by atoms with Gasteiger partial charge in [0.2, 0.25) is 0 Å². The number of carbonyl (C=O) groups is 1. The van der Waals surface area contributed by atoms with Gasteiger partial charge in [0.05, 0.1) is 0 Å². The lowest BCUT2D eigenvalue weighted by molar-refractivity contribution is -0.170. The van der Waals surface area contributed by atoms with E-state index in [4.69, 9.17) is 0 Å². The van der Waals surface area contributed by atoms with Crippen molar-refractivity contribution in [1.82, 2.24) is 0 Å². The minimum Gasteiger partial charge on any atom is -0.308 e. The van der Waals surface area contributed by atoms with Crippen LogP contribution in [0.4, 0.5) is 18.9 Å². The monoisotopic (exact) mass is 243 g/mol. The zero-order valence-electron chi connectivity index (χ0n) is 9.34. The normalized spacial score (nSPS) is 14.6. The molecule has 17 heavy (non-hydrogen) atoms. The molecule has 2 nitrogen and oxygen atoms in total. The summed E-state index contributed by atoms with van der Waals surface area (Å²) >= 11 is 0. The minimum atomic E-state index is -4.83. The molecule has 2 rings (SSSR count). The van der Waals surface area contributed by atoms with Crippen LogP contribution in [0.2, 0.25) is 0 Å². The van der Waals surface area contributed by atoms with E-state index >= 15 is 0 Å². The van der Waals surface area contributed by atoms with Crippen LogP contribution in [-0.2, 0) is 17.6 Å². The molecule has 0 aromatic heterocycles.